The second-order valence-electron chi connectivity index (χ2n) is 8.49. The van der Waals surface area contributed by atoms with Gasteiger partial charge in [0.1, 0.15) is 15.6 Å². The van der Waals surface area contributed by atoms with Crippen LogP contribution in [0.4, 0.5) is 11.6 Å². The zero-order valence-corrected chi connectivity index (χ0v) is 20.1. The summed E-state index contributed by atoms with van der Waals surface area (Å²) in [5, 5.41) is 24.8. The summed E-state index contributed by atoms with van der Waals surface area (Å²) in [5.74, 6) is -0.708. The first-order valence-corrected chi connectivity index (χ1v) is 11.7. The monoisotopic (exact) mass is 488 g/mol. The number of nitrogens with one attached hydrogen (secondary N) is 1. The molecule has 0 saturated heterocycles. The van der Waals surface area contributed by atoms with E-state index in [0.29, 0.717) is 35.2 Å². The van der Waals surface area contributed by atoms with Crippen molar-refractivity contribution >= 4 is 40.5 Å². The summed E-state index contributed by atoms with van der Waals surface area (Å²) < 4.78 is 5.15. The van der Waals surface area contributed by atoms with Gasteiger partial charge in [-0.3, -0.25) is 4.79 Å². The van der Waals surface area contributed by atoms with Crippen molar-refractivity contribution in [2.75, 3.05) is 12.4 Å². The van der Waals surface area contributed by atoms with Crippen molar-refractivity contribution in [1.29, 1.82) is 0 Å². The number of thiazole rings is 1. The number of aliphatic hydroxyl groups is 1. The van der Waals surface area contributed by atoms with Gasteiger partial charge >= 0.3 is 5.97 Å². The maximum Gasteiger partial charge on any atom is 0.306 e. The molecule has 33 heavy (non-hydrogen) atoms. The Morgan fingerprint density at radius 2 is 2.09 bits per heavy atom. The Morgan fingerprint density at radius 3 is 2.79 bits per heavy atom. The van der Waals surface area contributed by atoms with E-state index in [1.165, 1.54) is 24.6 Å². The van der Waals surface area contributed by atoms with Crippen LogP contribution in [-0.2, 0) is 10.4 Å². The zero-order valence-electron chi connectivity index (χ0n) is 18.5. The van der Waals surface area contributed by atoms with Crippen LogP contribution in [0.5, 0.6) is 5.88 Å². The Hall–Kier alpha value is -2.75. The number of ether oxygens (including phenoxy) is 1. The van der Waals surface area contributed by atoms with E-state index in [1.807, 2.05) is 32.0 Å². The molecule has 0 radical (unpaired) electrons. The highest BCUT2D eigenvalue weighted by atomic mass is 35.5. The molecule has 1 aliphatic carbocycles. The SMILES string of the molecule is COc1nc(Nc2cc(C)cc(-c3cnc([C@@]4(O)CC[C@H](C(=O)O)[C@H](C)C4)s3)c2)ncc1Cl. The molecule has 10 heteroatoms. The molecule has 4 rings (SSSR count). The van der Waals surface area contributed by atoms with Gasteiger partial charge in [-0.05, 0) is 55.4 Å². The number of methoxy groups -OCH3 is 1. The summed E-state index contributed by atoms with van der Waals surface area (Å²) >= 11 is 7.44. The van der Waals surface area contributed by atoms with Gasteiger partial charge in [0.15, 0.2) is 0 Å². The fraction of sp³-hybridized carbons (Fsp3) is 0.391. The molecule has 0 spiro atoms. The Balaban J connectivity index is 1.57. The van der Waals surface area contributed by atoms with E-state index in [9.17, 15) is 15.0 Å². The minimum Gasteiger partial charge on any atom is -0.481 e. The lowest BCUT2D eigenvalue weighted by atomic mass is 9.72. The summed E-state index contributed by atoms with van der Waals surface area (Å²) in [5.41, 5.74) is 1.66. The number of aliphatic carboxylic acids is 1. The van der Waals surface area contributed by atoms with Crippen LogP contribution < -0.4 is 10.1 Å². The second kappa shape index (κ2) is 9.24. The Morgan fingerprint density at radius 1 is 1.30 bits per heavy atom. The average Bonchev–Trinajstić information content (AvgIpc) is 3.26. The standard InChI is InChI=1S/C23H25ClN4O4S/c1-12-6-14(8-15(7-12)27-22-26-10-17(24)19(28-22)32-3)18-11-25-21(33-18)23(31)5-4-16(20(29)30)13(2)9-23/h6-8,10-11,13,16,31H,4-5,9H2,1-3H3,(H,29,30)(H,26,27,28)/t13-,16+,23-/m1/s1. The number of hydrogen-bond donors (Lipinski definition) is 3. The molecule has 8 nitrogen and oxygen atoms in total. The van der Waals surface area contributed by atoms with E-state index in [1.54, 1.807) is 6.20 Å². The van der Waals surface area contributed by atoms with Crippen molar-refractivity contribution in [2.45, 2.75) is 38.7 Å². The third-order valence-electron chi connectivity index (χ3n) is 5.96. The van der Waals surface area contributed by atoms with Gasteiger partial charge in [0.2, 0.25) is 11.8 Å². The summed E-state index contributed by atoms with van der Waals surface area (Å²) in [7, 11) is 1.49. The topological polar surface area (TPSA) is 117 Å². The molecule has 0 amide bonds. The smallest absolute Gasteiger partial charge is 0.306 e. The fourth-order valence-electron chi connectivity index (χ4n) is 4.32. The quantitative estimate of drug-likeness (QED) is 0.442. The van der Waals surface area contributed by atoms with Crippen LogP contribution in [0.3, 0.4) is 0 Å². The Kier molecular flexibility index (Phi) is 6.56. The lowest BCUT2D eigenvalue weighted by molar-refractivity contribution is -0.148. The van der Waals surface area contributed by atoms with Gasteiger partial charge in [-0.1, -0.05) is 24.6 Å². The second-order valence-corrected chi connectivity index (χ2v) is 9.93. The number of aromatic nitrogens is 3. The number of nitrogens with zero attached hydrogens (tertiary/aromatic N) is 3. The summed E-state index contributed by atoms with van der Waals surface area (Å²) in [6.45, 7) is 3.87. The third-order valence-corrected chi connectivity index (χ3v) is 7.46. The van der Waals surface area contributed by atoms with Gasteiger partial charge in [0.05, 0.1) is 24.1 Å². The zero-order chi connectivity index (χ0) is 23.8. The van der Waals surface area contributed by atoms with E-state index >= 15 is 0 Å². The number of rotatable bonds is 6. The van der Waals surface area contributed by atoms with Crippen LogP contribution in [-0.4, -0.2) is 38.2 Å². The summed E-state index contributed by atoms with van der Waals surface area (Å²) in [6, 6.07) is 5.97. The fourth-order valence-corrected chi connectivity index (χ4v) is 5.52. The lowest BCUT2D eigenvalue weighted by Crippen LogP contribution is -2.38. The molecule has 0 unspecified atom stereocenters. The molecule has 0 bridgehead atoms. The van der Waals surface area contributed by atoms with Crippen molar-refractivity contribution in [3.63, 3.8) is 0 Å². The first kappa shape index (κ1) is 23.4. The van der Waals surface area contributed by atoms with Gasteiger partial charge in [-0.2, -0.15) is 4.98 Å². The molecule has 3 atom stereocenters. The van der Waals surface area contributed by atoms with Crippen LogP contribution in [0.1, 0.15) is 36.8 Å². The van der Waals surface area contributed by atoms with Crippen LogP contribution in [0.25, 0.3) is 10.4 Å². The number of carboxylic acids is 1. The number of aryl methyl sites for hydroxylation is 1. The Bertz CT molecular complexity index is 1190. The van der Waals surface area contributed by atoms with Crippen molar-refractivity contribution in [3.05, 3.63) is 46.2 Å². The predicted molar refractivity (Wildman–Crippen MR) is 127 cm³/mol. The molecule has 174 valence electrons. The molecule has 1 fully saturated rings. The summed E-state index contributed by atoms with van der Waals surface area (Å²) in [4.78, 5) is 25.3. The number of halogens is 1. The van der Waals surface area contributed by atoms with Crippen molar-refractivity contribution in [1.82, 2.24) is 15.0 Å². The van der Waals surface area contributed by atoms with E-state index in [-0.39, 0.29) is 11.8 Å². The highest BCUT2D eigenvalue weighted by Gasteiger charge is 2.43. The minimum absolute atomic E-state index is 0.125. The number of benzene rings is 1. The largest absolute Gasteiger partial charge is 0.481 e. The molecule has 2 aromatic heterocycles. The molecule has 1 aliphatic rings. The van der Waals surface area contributed by atoms with E-state index in [0.717, 1.165) is 21.7 Å². The molecule has 3 N–H and O–H groups in total. The minimum atomic E-state index is -1.10. The first-order valence-electron chi connectivity index (χ1n) is 10.6. The van der Waals surface area contributed by atoms with Crippen molar-refractivity contribution < 1.29 is 19.7 Å². The van der Waals surface area contributed by atoms with Gasteiger partial charge < -0.3 is 20.3 Å². The molecule has 1 aromatic carbocycles. The third kappa shape index (κ3) is 4.95. The molecular formula is C23H25ClN4O4S. The highest BCUT2D eigenvalue weighted by Crippen LogP contribution is 2.45. The average molecular weight is 489 g/mol. The molecular weight excluding hydrogens is 464 g/mol. The van der Waals surface area contributed by atoms with Crippen LogP contribution in [0.15, 0.2) is 30.6 Å². The maximum atomic E-state index is 11.4. The van der Waals surface area contributed by atoms with Gasteiger partial charge in [-0.25, -0.2) is 9.97 Å². The van der Waals surface area contributed by atoms with Crippen LogP contribution >= 0.6 is 22.9 Å². The summed E-state index contributed by atoms with van der Waals surface area (Å²) in [6.07, 6.45) is 4.44. The first-order chi connectivity index (χ1) is 15.7. The predicted octanol–water partition coefficient (Wildman–Crippen LogP) is 5.02. The van der Waals surface area contributed by atoms with E-state index in [2.05, 4.69) is 20.3 Å². The van der Waals surface area contributed by atoms with Crippen molar-refractivity contribution in [2.24, 2.45) is 11.8 Å². The number of anilines is 2. The van der Waals surface area contributed by atoms with Crippen LogP contribution in [0, 0.1) is 18.8 Å². The van der Waals surface area contributed by atoms with Gasteiger partial charge in [0.25, 0.3) is 0 Å². The molecule has 3 aromatic rings. The maximum absolute atomic E-state index is 11.4. The van der Waals surface area contributed by atoms with E-state index in [4.69, 9.17) is 16.3 Å². The number of carboxylic acid groups (broad SMARTS) is 1. The molecule has 1 saturated carbocycles. The van der Waals surface area contributed by atoms with Gasteiger partial charge in [-0.15, -0.1) is 11.3 Å². The van der Waals surface area contributed by atoms with Crippen LogP contribution in [0.2, 0.25) is 5.02 Å². The number of hydrogen-bond acceptors (Lipinski definition) is 8. The number of carbonyl (C=O) groups is 1. The Labute approximate surface area is 200 Å². The van der Waals surface area contributed by atoms with E-state index < -0.39 is 17.5 Å². The van der Waals surface area contributed by atoms with Crippen molar-refractivity contribution in [3.8, 4) is 16.3 Å². The lowest BCUT2D eigenvalue weighted by Gasteiger charge is -2.37. The molecule has 2 heterocycles. The highest BCUT2D eigenvalue weighted by molar-refractivity contribution is 7.15. The van der Waals surface area contributed by atoms with Gasteiger partial charge in [0, 0.05) is 11.9 Å². The normalized spacial score (nSPS) is 22.7. The molecule has 0 aliphatic heterocycles.